The van der Waals surface area contributed by atoms with Gasteiger partial charge in [0.2, 0.25) is 5.88 Å². The second-order valence-corrected chi connectivity index (χ2v) is 6.91. The molecule has 2 aliphatic heterocycles. The topological polar surface area (TPSA) is 70.9 Å². The molecule has 2 aromatic rings. The summed E-state index contributed by atoms with van der Waals surface area (Å²) >= 11 is 0. The lowest BCUT2D eigenvalue weighted by molar-refractivity contribution is 0.0247. The Labute approximate surface area is 160 Å². The van der Waals surface area contributed by atoms with Crippen LogP contribution in [-0.2, 0) is 0 Å². The van der Waals surface area contributed by atoms with E-state index in [0.29, 0.717) is 31.0 Å². The monoisotopic (exact) mass is 387 g/mol. The van der Waals surface area contributed by atoms with Crippen molar-refractivity contribution in [2.45, 2.75) is 32.4 Å². The molecule has 2 amide bonds. The minimum absolute atomic E-state index is 0.173. The maximum atomic E-state index is 13.5. The number of ether oxygens (including phenoxy) is 1. The van der Waals surface area contributed by atoms with E-state index >= 15 is 0 Å². The first-order valence-corrected chi connectivity index (χ1v) is 8.94. The van der Waals surface area contributed by atoms with Crippen LogP contribution >= 0.6 is 0 Å². The van der Waals surface area contributed by atoms with E-state index in [1.54, 1.807) is 11.1 Å². The van der Waals surface area contributed by atoms with E-state index in [0.717, 1.165) is 17.3 Å². The predicted molar refractivity (Wildman–Crippen MR) is 96.9 cm³/mol. The van der Waals surface area contributed by atoms with Crippen molar-refractivity contribution in [1.29, 1.82) is 0 Å². The number of rotatable bonds is 3. The Kier molecular flexibility index (Phi) is 4.66. The molecule has 1 unspecified atom stereocenters. The molecule has 1 aromatic heterocycles. The summed E-state index contributed by atoms with van der Waals surface area (Å²) in [6, 6.07) is 2.42. The smallest absolute Gasteiger partial charge is 0.341 e. The van der Waals surface area contributed by atoms with Crippen molar-refractivity contribution >= 4 is 12.2 Å². The van der Waals surface area contributed by atoms with Gasteiger partial charge in [0.15, 0.2) is 0 Å². The Balaban J connectivity index is 1.40. The number of aryl methyl sites for hydroxylation is 1. The van der Waals surface area contributed by atoms with Crippen LogP contribution < -0.4 is 4.74 Å². The number of carbonyl (C=O) groups excluding carboxylic acids is 1. The fourth-order valence-corrected chi connectivity index (χ4v) is 3.25. The van der Waals surface area contributed by atoms with E-state index < -0.39 is 17.7 Å². The van der Waals surface area contributed by atoms with E-state index in [9.17, 15) is 13.6 Å². The number of likely N-dealkylation sites (tertiary alicyclic amines) is 1. The molecule has 0 bridgehead atoms. The van der Waals surface area contributed by atoms with Crippen LogP contribution in [0.2, 0.25) is 0 Å². The first-order valence-electron chi connectivity index (χ1n) is 8.94. The molecule has 2 aliphatic rings. The van der Waals surface area contributed by atoms with Gasteiger partial charge in [0.05, 0.1) is 19.1 Å². The fraction of sp³-hybridized carbons (Fsp3) is 0.368. The molecule has 1 fully saturated rings. The molecule has 1 saturated heterocycles. The highest BCUT2D eigenvalue weighted by Crippen LogP contribution is 2.31. The van der Waals surface area contributed by atoms with Crippen LogP contribution in [-0.4, -0.2) is 51.3 Å². The van der Waals surface area contributed by atoms with Crippen molar-refractivity contribution in [3.05, 3.63) is 53.0 Å². The third kappa shape index (κ3) is 3.39. The van der Waals surface area contributed by atoms with Gasteiger partial charge in [-0.2, -0.15) is 5.10 Å². The van der Waals surface area contributed by atoms with Gasteiger partial charge in [-0.3, -0.25) is 0 Å². The number of amides is 2. The maximum absolute atomic E-state index is 13.5. The molecule has 0 saturated carbocycles. The fourth-order valence-electron chi connectivity index (χ4n) is 3.25. The van der Waals surface area contributed by atoms with Crippen LogP contribution in [0.3, 0.4) is 0 Å². The standard InChI is InChI=1S/C19H19F2N5O2/c1-11-12(2)22-10-23-18(11)28-16-8-25(9-16)19(27)26-17(3-4-24-26)13-5-14(20)7-15(21)6-13/h4-7,10,16-17H,3,8-9H2,1-2H3. The highest BCUT2D eigenvalue weighted by molar-refractivity contribution is 5.79. The summed E-state index contributed by atoms with van der Waals surface area (Å²) in [4.78, 5) is 22.6. The molecule has 1 atom stereocenters. The zero-order valence-corrected chi connectivity index (χ0v) is 15.5. The molecule has 9 heteroatoms. The number of urea groups is 1. The quantitative estimate of drug-likeness (QED) is 0.812. The van der Waals surface area contributed by atoms with E-state index in [1.807, 2.05) is 13.8 Å². The zero-order chi connectivity index (χ0) is 19.8. The number of carbonyl (C=O) groups is 1. The Morgan fingerprint density at radius 1 is 1.14 bits per heavy atom. The summed E-state index contributed by atoms with van der Waals surface area (Å²) in [5.74, 6) is -0.846. The van der Waals surface area contributed by atoms with Crippen LogP contribution in [0, 0.1) is 25.5 Å². The zero-order valence-electron chi connectivity index (χ0n) is 15.5. The van der Waals surface area contributed by atoms with Crippen molar-refractivity contribution in [2.75, 3.05) is 13.1 Å². The second-order valence-electron chi connectivity index (χ2n) is 6.91. The van der Waals surface area contributed by atoms with Crippen LogP contribution in [0.5, 0.6) is 5.88 Å². The van der Waals surface area contributed by atoms with Gasteiger partial charge in [-0.1, -0.05) is 0 Å². The number of hydrazone groups is 1. The van der Waals surface area contributed by atoms with Gasteiger partial charge in [-0.05, 0) is 31.5 Å². The normalized spacial score (nSPS) is 19.1. The van der Waals surface area contributed by atoms with Gasteiger partial charge in [0.25, 0.3) is 0 Å². The molecular weight excluding hydrogens is 368 g/mol. The summed E-state index contributed by atoms with van der Waals surface area (Å²) in [5, 5.41) is 5.37. The minimum Gasteiger partial charge on any atom is -0.470 e. The Hall–Kier alpha value is -3.10. The number of aromatic nitrogens is 2. The molecule has 28 heavy (non-hydrogen) atoms. The SMILES string of the molecule is Cc1ncnc(OC2CN(C(=O)N3N=CCC3c3cc(F)cc(F)c3)C2)c1C. The highest BCUT2D eigenvalue weighted by Gasteiger charge is 2.39. The van der Waals surface area contributed by atoms with Crippen LogP contribution in [0.15, 0.2) is 29.6 Å². The summed E-state index contributed by atoms with van der Waals surface area (Å²) in [6.07, 6.45) is 3.25. The molecule has 146 valence electrons. The van der Waals surface area contributed by atoms with Crippen LogP contribution in [0.25, 0.3) is 0 Å². The van der Waals surface area contributed by atoms with E-state index in [2.05, 4.69) is 15.1 Å². The summed E-state index contributed by atoms with van der Waals surface area (Å²) < 4.78 is 32.9. The second kappa shape index (κ2) is 7.14. The van der Waals surface area contributed by atoms with E-state index in [1.165, 1.54) is 23.5 Å². The predicted octanol–water partition coefficient (Wildman–Crippen LogP) is 2.99. The molecule has 0 aliphatic carbocycles. The van der Waals surface area contributed by atoms with Crippen molar-refractivity contribution in [3.8, 4) is 5.88 Å². The Morgan fingerprint density at radius 3 is 2.57 bits per heavy atom. The Bertz CT molecular complexity index is 926. The highest BCUT2D eigenvalue weighted by atomic mass is 19.1. The molecule has 3 heterocycles. The van der Waals surface area contributed by atoms with E-state index in [-0.39, 0.29) is 12.1 Å². The average Bonchev–Trinajstić information content (AvgIpc) is 3.09. The summed E-state index contributed by atoms with van der Waals surface area (Å²) in [6.45, 7) is 4.53. The Morgan fingerprint density at radius 2 is 1.86 bits per heavy atom. The van der Waals surface area contributed by atoms with Crippen molar-refractivity contribution in [2.24, 2.45) is 5.10 Å². The van der Waals surface area contributed by atoms with Gasteiger partial charge >= 0.3 is 6.03 Å². The molecule has 7 nitrogen and oxygen atoms in total. The third-order valence-electron chi connectivity index (χ3n) is 4.98. The van der Waals surface area contributed by atoms with Gasteiger partial charge in [-0.25, -0.2) is 28.6 Å². The first-order chi connectivity index (χ1) is 13.4. The number of hydrogen-bond donors (Lipinski definition) is 0. The van der Waals surface area contributed by atoms with Gasteiger partial charge in [-0.15, -0.1) is 0 Å². The van der Waals surface area contributed by atoms with E-state index in [4.69, 9.17) is 4.74 Å². The molecule has 0 radical (unpaired) electrons. The van der Waals surface area contributed by atoms with Gasteiger partial charge < -0.3 is 9.64 Å². The molecule has 1 aromatic carbocycles. The lowest BCUT2D eigenvalue weighted by Gasteiger charge is -2.40. The lowest BCUT2D eigenvalue weighted by Crippen LogP contribution is -2.59. The molecule has 0 N–H and O–H groups in total. The van der Waals surface area contributed by atoms with Crippen LogP contribution in [0.4, 0.5) is 13.6 Å². The van der Waals surface area contributed by atoms with Crippen LogP contribution in [0.1, 0.15) is 29.3 Å². The number of halogens is 2. The largest absolute Gasteiger partial charge is 0.470 e. The number of nitrogens with zero attached hydrogens (tertiary/aromatic N) is 5. The minimum atomic E-state index is -0.678. The average molecular weight is 387 g/mol. The third-order valence-corrected chi connectivity index (χ3v) is 4.98. The first kappa shape index (κ1) is 18.3. The molecular formula is C19H19F2N5O2. The van der Waals surface area contributed by atoms with Crippen molar-refractivity contribution in [3.63, 3.8) is 0 Å². The molecule has 0 spiro atoms. The lowest BCUT2D eigenvalue weighted by atomic mass is 10.0. The summed E-state index contributed by atoms with van der Waals surface area (Å²) in [5.41, 5.74) is 2.09. The van der Waals surface area contributed by atoms with Gasteiger partial charge in [0, 0.05) is 30.0 Å². The number of hydrogen-bond acceptors (Lipinski definition) is 5. The number of benzene rings is 1. The summed E-state index contributed by atoms with van der Waals surface area (Å²) in [7, 11) is 0. The van der Waals surface area contributed by atoms with Crippen molar-refractivity contribution < 1.29 is 18.3 Å². The maximum Gasteiger partial charge on any atom is 0.341 e. The van der Waals surface area contributed by atoms with Gasteiger partial charge in [0.1, 0.15) is 24.1 Å². The molecule has 4 rings (SSSR count). The van der Waals surface area contributed by atoms with Crippen molar-refractivity contribution in [1.82, 2.24) is 19.9 Å².